The highest BCUT2D eigenvalue weighted by molar-refractivity contribution is 7.89. The first kappa shape index (κ1) is 22.5. The minimum Gasteiger partial charge on any atom is -0.495 e. The molecule has 0 saturated heterocycles. The van der Waals surface area contributed by atoms with Gasteiger partial charge < -0.3 is 10.1 Å². The van der Waals surface area contributed by atoms with E-state index in [0.717, 1.165) is 15.2 Å². The van der Waals surface area contributed by atoms with Gasteiger partial charge >= 0.3 is 0 Å². The Kier molecular flexibility index (Phi) is 6.66. The van der Waals surface area contributed by atoms with Crippen LogP contribution in [-0.2, 0) is 14.8 Å². The minimum atomic E-state index is -3.92. The maximum absolute atomic E-state index is 12.9. The van der Waals surface area contributed by atoms with Crippen LogP contribution in [0.2, 0.25) is 5.02 Å². The second kappa shape index (κ2) is 8.89. The largest absolute Gasteiger partial charge is 0.495 e. The average molecular weight is 468 g/mol. The van der Waals surface area contributed by atoms with Crippen molar-refractivity contribution in [3.63, 3.8) is 0 Å². The number of hydrogen-bond acceptors (Lipinski definition) is 6. The molecule has 0 aliphatic rings. The Bertz CT molecular complexity index is 1190. The summed E-state index contributed by atoms with van der Waals surface area (Å²) in [7, 11) is -2.43. The van der Waals surface area contributed by atoms with E-state index in [4.69, 9.17) is 16.3 Å². The molecular weight excluding hydrogens is 446 g/mol. The first-order chi connectivity index (χ1) is 14.1. The lowest BCUT2D eigenvalue weighted by atomic mass is 10.0. The van der Waals surface area contributed by atoms with E-state index in [9.17, 15) is 13.2 Å². The zero-order chi connectivity index (χ0) is 22.1. The Labute approximate surface area is 184 Å². The normalized spacial score (nSPS) is 12.9. The quantitative estimate of drug-likeness (QED) is 0.542. The Hall–Kier alpha value is -2.20. The molecule has 0 aliphatic heterocycles. The highest BCUT2D eigenvalue weighted by atomic mass is 35.5. The van der Waals surface area contributed by atoms with Gasteiger partial charge in [-0.25, -0.2) is 13.4 Å². The van der Waals surface area contributed by atoms with Gasteiger partial charge in [0.15, 0.2) is 0 Å². The fourth-order valence-corrected chi connectivity index (χ4v) is 5.45. The number of benzene rings is 2. The smallest absolute Gasteiger partial charge is 0.242 e. The zero-order valence-corrected chi connectivity index (χ0v) is 19.3. The Balaban J connectivity index is 1.82. The molecule has 0 radical (unpaired) electrons. The van der Waals surface area contributed by atoms with Crippen molar-refractivity contribution >= 4 is 54.8 Å². The number of nitrogens with zero attached hydrogens (tertiary/aromatic N) is 1. The maximum atomic E-state index is 12.9. The first-order valence-corrected chi connectivity index (χ1v) is 11.8. The number of thiazole rings is 1. The van der Waals surface area contributed by atoms with Crippen molar-refractivity contribution in [1.82, 2.24) is 9.71 Å². The maximum Gasteiger partial charge on any atom is 0.242 e. The van der Waals surface area contributed by atoms with Crippen molar-refractivity contribution < 1.29 is 17.9 Å². The van der Waals surface area contributed by atoms with Crippen LogP contribution in [0.4, 0.5) is 5.69 Å². The molecule has 2 aromatic carbocycles. The van der Waals surface area contributed by atoms with E-state index in [1.807, 2.05) is 6.92 Å². The van der Waals surface area contributed by atoms with Gasteiger partial charge in [-0.1, -0.05) is 25.4 Å². The van der Waals surface area contributed by atoms with E-state index in [1.54, 1.807) is 44.2 Å². The standard InChI is InChI=1S/C20H22ClN3O4S2/c1-11(2)19(20(25)23-13-5-8-17(28-4)15(21)9-13)24-30(26,27)14-6-7-16-18(10-14)29-12(3)22-16/h5-11,19,24H,1-4H3,(H,23,25). The highest BCUT2D eigenvalue weighted by Gasteiger charge is 2.29. The molecule has 3 aromatic rings. The van der Waals surface area contributed by atoms with Crippen LogP contribution in [0.3, 0.4) is 0 Å². The number of methoxy groups -OCH3 is 1. The summed E-state index contributed by atoms with van der Waals surface area (Å²) in [6.07, 6.45) is 0. The van der Waals surface area contributed by atoms with E-state index >= 15 is 0 Å². The number of carbonyl (C=O) groups excluding carboxylic acids is 1. The van der Waals surface area contributed by atoms with Crippen LogP contribution in [0.15, 0.2) is 41.3 Å². The third-order valence-electron chi connectivity index (χ3n) is 4.43. The number of ether oxygens (including phenoxy) is 1. The third-order valence-corrected chi connectivity index (χ3v) is 7.10. The molecular formula is C20H22ClN3O4S2. The molecule has 1 atom stereocenters. The fourth-order valence-electron chi connectivity index (χ4n) is 2.88. The van der Waals surface area contributed by atoms with Gasteiger partial charge in [0, 0.05) is 5.69 Å². The molecule has 10 heteroatoms. The molecule has 1 amide bonds. The SMILES string of the molecule is COc1ccc(NC(=O)C(NS(=O)(=O)c2ccc3nc(C)sc3c2)C(C)C)cc1Cl. The number of rotatable bonds is 7. The van der Waals surface area contributed by atoms with Crippen LogP contribution >= 0.6 is 22.9 Å². The van der Waals surface area contributed by atoms with Gasteiger partial charge in [0.05, 0.1) is 32.3 Å². The molecule has 7 nitrogen and oxygen atoms in total. The van der Waals surface area contributed by atoms with E-state index in [-0.39, 0.29) is 10.8 Å². The molecule has 30 heavy (non-hydrogen) atoms. The molecule has 2 N–H and O–H groups in total. The van der Waals surface area contributed by atoms with Gasteiger partial charge in [0.25, 0.3) is 0 Å². The number of amides is 1. The molecule has 0 bridgehead atoms. The number of fused-ring (bicyclic) bond motifs is 1. The van der Waals surface area contributed by atoms with Crippen LogP contribution in [0.1, 0.15) is 18.9 Å². The summed E-state index contributed by atoms with van der Waals surface area (Å²) in [5, 5.41) is 3.90. The number of aromatic nitrogens is 1. The predicted molar refractivity (Wildman–Crippen MR) is 120 cm³/mol. The number of carbonyl (C=O) groups is 1. The number of nitrogens with one attached hydrogen (secondary N) is 2. The minimum absolute atomic E-state index is 0.0876. The topological polar surface area (TPSA) is 97.4 Å². The second-order valence-electron chi connectivity index (χ2n) is 7.04. The van der Waals surface area contributed by atoms with Gasteiger partial charge in [-0.2, -0.15) is 4.72 Å². The predicted octanol–water partition coefficient (Wildman–Crippen LogP) is 4.21. The molecule has 0 saturated carbocycles. The van der Waals surface area contributed by atoms with Gasteiger partial charge in [0.1, 0.15) is 11.8 Å². The summed E-state index contributed by atoms with van der Waals surface area (Å²) in [6.45, 7) is 5.40. The highest BCUT2D eigenvalue weighted by Crippen LogP contribution is 2.28. The molecule has 3 rings (SSSR count). The van der Waals surface area contributed by atoms with Crippen LogP contribution in [0.5, 0.6) is 5.75 Å². The zero-order valence-electron chi connectivity index (χ0n) is 16.9. The summed E-state index contributed by atoms with van der Waals surface area (Å²) in [5.74, 6) is -0.295. The molecule has 0 aliphatic carbocycles. The summed E-state index contributed by atoms with van der Waals surface area (Å²) >= 11 is 7.51. The van der Waals surface area contributed by atoms with Crippen LogP contribution in [-0.4, -0.2) is 32.5 Å². The molecule has 0 fully saturated rings. The van der Waals surface area contributed by atoms with Gasteiger partial charge in [0.2, 0.25) is 15.9 Å². The van der Waals surface area contributed by atoms with E-state index in [2.05, 4.69) is 15.0 Å². The van der Waals surface area contributed by atoms with Crippen molar-refractivity contribution in [2.75, 3.05) is 12.4 Å². The number of hydrogen-bond donors (Lipinski definition) is 2. The summed E-state index contributed by atoms with van der Waals surface area (Å²) < 4.78 is 34.3. The Morgan fingerprint density at radius 1 is 1.20 bits per heavy atom. The fraction of sp³-hybridized carbons (Fsp3) is 0.300. The molecule has 160 valence electrons. The van der Waals surface area contributed by atoms with Crippen molar-refractivity contribution in [1.29, 1.82) is 0 Å². The van der Waals surface area contributed by atoms with Gasteiger partial charge in [-0.3, -0.25) is 4.79 Å². The van der Waals surface area contributed by atoms with Crippen LogP contribution < -0.4 is 14.8 Å². The number of anilines is 1. The number of sulfonamides is 1. The lowest BCUT2D eigenvalue weighted by Crippen LogP contribution is -2.47. The van der Waals surface area contributed by atoms with Crippen molar-refractivity contribution in [3.8, 4) is 5.75 Å². The summed E-state index contributed by atoms with van der Waals surface area (Å²) in [6, 6.07) is 8.55. The molecule has 1 aromatic heterocycles. The second-order valence-corrected chi connectivity index (χ2v) is 10.4. The summed E-state index contributed by atoms with van der Waals surface area (Å²) in [4.78, 5) is 17.3. The van der Waals surface area contributed by atoms with Crippen LogP contribution in [0, 0.1) is 12.8 Å². The molecule has 1 unspecified atom stereocenters. The summed E-state index contributed by atoms with van der Waals surface area (Å²) in [5.41, 5.74) is 1.18. The Morgan fingerprint density at radius 2 is 1.93 bits per heavy atom. The van der Waals surface area contributed by atoms with Crippen molar-refractivity contribution in [2.45, 2.75) is 31.7 Å². The lowest BCUT2D eigenvalue weighted by Gasteiger charge is -2.22. The van der Waals surface area contributed by atoms with E-state index < -0.39 is 22.0 Å². The Morgan fingerprint density at radius 3 is 2.57 bits per heavy atom. The van der Waals surface area contributed by atoms with E-state index in [0.29, 0.717) is 16.5 Å². The average Bonchev–Trinajstić information content (AvgIpc) is 3.05. The van der Waals surface area contributed by atoms with Gasteiger partial charge in [-0.05, 0) is 49.2 Å². The lowest BCUT2D eigenvalue weighted by molar-refractivity contribution is -0.118. The van der Waals surface area contributed by atoms with E-state index in [1.165, 1.54) is 24.5 Å². The monoisotopic (exact) mass is 467 g/mol. The van der Waals surface area contributed by atoms with Crippen molar-refractivity contribution in [3.05, 3.63) is 46.4 Å². The first-order valence-electron chi connectivity index (χ1n) is 9.14. The van der Waals surface area contributed by atoms with Gasteiger partial charge in [-0.15, -0.1) is 11.3 Å². The van der Waals surface area contributed by atoms with Crippen LogP contribution in [0.25, 0.3) is 10.2 Å². The number of aryl methyl sites for hydroxylation is 1. The molecule has 0 spiro atoms. The third kappa shape index (κ3) is 4.92. The number of halogens is 1. The van der Waals surface area contributed by atoms with Crippen molar-refractivity contribution in [2.24, 2.45) is 5.92 Å². The molecule has 1 heterocycles.